The maximum atomic E-state index is 12.7. The number of rotatable bonds is 7. The van der Waals surface area contributed by atoms with E-state index in [2.05, 4.69) is 37.8 Å². The molecule has 1 aliphatic rings. The number of piperidine rings is 1. The van der Waals surface area contributed by atoms with Gasteiger partial charge in [0.15, 0.2) is 0 Å². The summed E-state index contributed by atoms with van der Waals surface area (Å²) in [6, 6.07) is 11.2. The van der Waals surface area contributed by atoms with Crippen molar-refractivity contribution in [1.29, 1.82) is 0 Å². The molecule has 1 aromatic carbocycles. The largest absolute Gasteiger partial charge is 0.352 e. The number of nitrogens with one attached hydrogen (secondary N) is 3. The predicted octanol–water partition coefficient (Wildman–Crippen LogP) is 3.77. The van der Waals surface area contributed by atoms with Gasteiger partial charge in [-0.15, -0.1) is 0 Å². The van der Waals surface area contributed by atoms with Crippen LogP contribution in [0.2, 0.25) is 0 Å². The van der Waals surface area contributed by atoms with E-state index in [-0.39, 0.29) is 11.8 Å². The maximum Gasteiger partial charge on any atom is 0.253 e. The Balaban J connectivity index is 1.32. The van der Waals surface area contributed by atoms with E-state index in [4.69, 9.17) is 0 Å². The van der Waals surface area contributed by atoms with Crippen LogP contribution in [0.4, 0.5) is 5.69 Å². The predicted molar refractivity (Wildman–Crippen MR) is 127 cm³/mol. The van der Waals surface area contributed by atoms with Gasteiger partial charge in [0.1, 0.15) is 5.65 Å². The zero-order valence-corrected chi connectivity index (χ0v) is 18.7. The Morgan fingerprint density at radius 1 is 1.16 bits per heavy atom. The van der Waals surface area contributed by atoms with Crippen LogP contribution in [0.25, 0.3) is 11.0 Å². The van der Waals surface area contributed by atoms with E-state index in [0.717, 1.165) is 31.6 Å². The summed E-state index contributed by atoms with van der Waals surface area (Å²) in [5.74, 6) is 0.578. The Labute approximate surface area is 188 Å². The van der Waals surface area contributed by atoms with Crippen molar-refractivity contribution < 1.29 is 9.59 Å². The van der Waals surface area contributed by atoms with E-state index in [1.807, 2.05) is 32.0 Å². The number of para-hydroxylation sites is 1. The third-order valence-corrected chi connectivity index (χ3v) is 5.99. The van der Waals surface area contributed by atoms with Gasteiger partial charge in [-0.3, -0.25) is 14.5 Å². The lowest BCUT2D eigenvalue weighted by Crippen LogP contribution is -2.39. The van der Waals surface area contributed by atoms with Gasteiger partial charge in [-0.2, -0.15) is 0 Å². The van der Waals surface area contributed by atoms with Crippen molar-refractivity contribution in [2.45, 2.75) is 32.6 Å². The van der Waals surface area contributed by atoms with Crippen LogP contribution in [-0.4, -0.2) is 52.9 Å². The number of fused-ring (bicyclic) bond motifs is 1. The summed E-state index contributed by atoms with van der Waals surface area (Å²) in [4.78, 5) is 35.0. The van der Waals surface area contributed by atoms with Crippen molar-refractivity contribution >= 4 is 28.5 Å². The Hall–Kier alpha value is -3.19. The highest BCUT2D eigenvalue weighted by atomic mass is 16.2. The van der Waals surface area contributed by atoms with Crippen molar-refractivity contribution in [2.24, 2.45) is 5.92 Å². The van der Waals surface area contributed by atoms with Gasteiger partial charge in [-0.25, -0.2) is 4.98 Å². The molecule has 0 bridgehead atoms. The van der Waals surface area contributed by atoms with Crippen molar-refractivity contribution in [3.05, 3.63) is 59.9 Å². The van der Waals surface area contributed by atoms with E-state index in [9.17, 15) is 9.59 Å². The number of H-pyrrole nitrogens is 1. The molecule has 168 valence electrons. The number of carbonyl (C=O) groups excluding carboxylic acids is 2. The van der Waals surface area contributed by atoms with Crippen LogP contribution < -0.4 is 10.6 Å². The average molecular weight is 434 g/mol. The van der Waals surface area contributed by atoms with Gasteiger partial charge in [0.25, 0.3) is 5.91 Å². The Bertz CT molecular complexity index is 1080. The van der Waals surface area contributed by atoms with E-state index in [1.54, 1.807) is 18.3 Å². The average Bonchev–Trinajstić information content (AvgIpc) is 3.22. The molecule has 0 unspecified atom stereocenters. The molecule has 4 rings (SSSR count). The molecule has 0 radical (unpaired) electrons. The van der Waals surface area contributed by atoms with E-state index in [1.165, 1.54) is 10.9 Å². The molecule has 0 aliphatic carbocycles. The molecule has 2 aromatic heterocycles. The van der Waals surface area contributed by atoms with Gasteiger partial charge in [0, 0.05) is 24.3 Å². The maximum absolute atomic E-state index is 12.7. The fourth-order valence-electron chi connectivity index (χ4n) is 4.29. The van der Waals surface area contributed by atoms with Gasteiger partial charge < -0.3 is 15.6 Å². The fraction of sp³-hybridized carbons (Fsp3) is 0.400. The van der Waals surface area contributed by atoms with E-state index >= 15 is 0 Å². The number of benzene rings is 1. The van der Waals surface area contributed by atoms with Gasteiger partial charge in [0.2, 0.25) is 5.91 Å². The number of anilines is 1. The monoisotopic (exact) mass is 433 g/mol. The minimum absolute atomic E-state index is 0.0937. The SMILES string of the molecule is CC(C)CNC(=O)c1ccccc1NC(=O)CN1CCC(c2c[nH]c3ncccc23)CC1. The fourth-order valence-corrected chi connectivity index (χ4v) is 4.29. The van der Waals surface area contributed by atoms with Crippen LogP contribution in [0.15, 0.2) is 48.8 Å². The normalized spacial score (nSPS) is 15.2. The van der Waals surface area contributed by atoms with Crippen molar-refractivity contribution in [2.75, 3.05) is 31.5 Å². The third kappa shape index (κ3) is 5.16. The molecule has 0 saturated carbocycles. The Morgan fingerprint density at radius 2 is 1.94 bits per heavy atom. The molecule has 3 N–H and O–H groups in total. The van der Waals surface area contributed by atoms with Crippen LogP contribution in [0.3, 0.4) is 0 Å². The van der Waals surface area contributed by atoms with Crippen LogP contribution >= 0.6 is 0 Å². The molecule has 3 heterocycles. The van der Waals surface area contributed by atoms with Crippen molar-refractivity contribution in [3.63, 3.8) is 0 Å². The van der Waals surface area contributed by atoms with Crippen LogP contribution in [0.1, 0.15) is 48.5 Å². The zero-order chi connectivity index (χ0) is 22.5. The minimum Gasteiger partial charge on any atom is -0.352 e. The first-order chi connectivity index (χ1) is 15.5. The molecule has 32 heavy (non-hydrogen) atoms. The number of likely N-dealkylation sites (tertiary alicyclic amines) is 1. The second kappa shape index (κ2) is 9.96. The smallest absolute Gasteiger partial charge is 0.253 e. The Kier molecular flexibility index (Phi) is 6.85. The molecular formula is C25H31N5O2. The van der Waals surface area contributed by atoms with Crippen molar-refractivity contribution in [3.8, 4) is 0 Å². The van der Waals surface area contributed by atoms with Gasteiger partial charge in [-0.1, -0.05) is 26.0 Å². The molecular weight excluding hydrogens is 402 g/mol. The first kappa shape index (κ1) is 22.0. The molecule has 1 aliphatic heterocycles. The topological polar surface area (TPSA) is 90.1 Å². The molecule has 0 spiro atoms. The van der Waals surface area contributed by atoms with Gasteiger partial charge in [0.05, 0.1) is 17.8 Å². The van der Waals surface area contributed by atoms with Crippen LogP contribution in [0.5, 0.6) is 0 Å². The molecule has 0 atom stereocenters. The van der Waals surface area contributed by atoms with Crippen molar-refractivity contribution in [1.82, 2.24) is 20.2 Å². The molecule has 1 fully saturated rings. The molecule has 1 saturated heterocycles. The first-order valence-electron chi connectivity index (χ1n) is 11.3. The lowest BCUT2D eigenvalue weighted by molar-refractivity contribution is -0.117. The number of aromatic amines is 1. The number of nitrogens with zero attached hydrogens (tertiary/aromatic N) is 2. The number of aromatic nitrogens is 2. The summed E-state index contributed by atoms with van der Waals surface area (Å²) < 4.78 is 0. The molecule has 7 heteroatoms. The number of hydrogen-bond donors (Lipinski definition) is 3. The molecule has 2 amide bonds. The summed E-state index contributed by atoms with van der Waals surface area (Å²) in [5, 5.41) is 7.04. The summed E-state index contributed by atoms with van der Waals surface area (Å²) in [5.41, 5.74) is 3.30. The lowest BCUT2D eigenvalue weighted by Gasteiger charge is -2.31. The number of amides is 2. The third-order valence-electron chi connectivity index (χ3n) is 5.99. The minimum atomic E-state index is -0.163. The quantitative estimate of drug-likeness (QED) is 0.529. The van der Waals surface area contributed by atoms with Gasteiger partial charge in [-0.05, 0) is 67.6 Å². The highest BCUT2D eigenvalue weighted by molar-refractivity contribution is 6.04. The van der Waals surface area contributed by atoms with E-state index in [0.29, 0.717) is 36.2 Å². The molecule has 7 nitrogen and oxygen atoms in total. The zero-order valence-electron chi connectivity index (χ0n) is 18.7. The van der Waals surface area contributed by atoms with Gasteiger partial charge >= 0.3 is 0 Å². The molecule has 3 aromatic rings. The highest BCUT2D eigenvalue weighted by Gasteiger charge is 2.24. The first-order valence-corrected chi connectivity index (χ1v) is 11.3. The summed E-state index contributed by atoms with van der Waals surface area (Å²) in [6.07, 6.45) is 5.88. The number of hydrogen-bond acceptors (Lipinski definition) is 4. The van der Waals surface area contributed by atoms with E-state index < -0.39 is 0 Å². The highest BCUT2D eigenvalue weighted by Crippen LogP contribution is 2.32. The number of carbonyl (C=O) groups is 2. The lowest BCUT2D eigenvalue weighted by atomic mass is 9.89. The van der Waals surface area contributed by atoms with Crippen LogP contribution in [0, 0.1) is 5.92 Å². The second-order valence-corrected chi connectivity index (χ2v) is 8.89. The standard InChI is InChI=1S/C25H31N5O2/c1-17(2)14-28-25(32)20-6-3-4-8-22(20)29-23(31)16-30-12-9-18(10-13-30)21-15-27-24-19(21)7-5-11-26-24/h3-8,11,15,17-18H,9-10,12-14,16H2,1-2H3,(H,26,27)(H,28,32)(H,29,31). The Morgan fingerprint density at radius 3 is 2.72 bits per heavy atom. The summed E-state index contributed by atoms with van der Waals surface area (Å²) >= 11 is 0. The van der Waals surface area contributed by atoms with Crippen LogP contribution in [-0.2, 0) is 4.79 Å². The second-order valence-electron chi connectivity index (χ2n) is 8.89. The summed E-state index contributed by atoms with van der Waals surface area (Å²) in [7, 11) is 0. The number of pyridine rings is 1. The summed E-state index contributed by atoms with van der Waals surface area (Å²) in [6.45, 7) is 6.74.